The minimum absolute atomic E-state index is 0.102. The number of alkyl halides is 2. The van der Waals surface area contributed by atoms with E-state index in [1.165, 1.54) is 6.92 Å². The number of aliphatic carboxylic acids is 1. The Morgan fingerprint density at radius 2 is 2.21 bits per heavy atom. The van der Waals surface area contributed by atoms with Gasteiger partial charge in [-0.3, -0.25) is 4.79 Å². The van der Waals surface area contributed by atoms with Crippen LogP contribution in [0.2, 0.25) is 0 Å². The van der Waals surface area contributed by atoms with E-state index in [0.29, 0.717) is 6.42 Å². The van der Waals surface area contributed by atoms with Gasteiger partial charge >= 0.3 is 5.97 Å². The molecule has 0 aromatic rings. The van der Waals surface area contributed by atoms with Gasteiger partial charge in [-0.2, -0.15) is 0 Å². The second kappa shape index (κ2) is 5.87. The zero-order chi connectivity index (χ0) is 11.2. The molecule has 0 spiro atoms. The van der Waals surface area contributed by atoms with Crippen LogP contribution in [-0.4, -0.2) is 36.3 Å². The molecule has 0 amide bonds. The van der Waals surface area contributed by atoms with E-state index >= 15 is 0 Å². The van der Waals surface area contributed by atoms with Gasteiger partial charge in [0.15, 0.2) is 0 Å². The molecule has 6 heteroatoms. The second-order valence-electron chi connectivity index (χ2n) is 3.29. The van der Waals surface area contributed by atoms with Crippen LogP contribution in [0.5, 0.6) is 0 Å². The molecular formula is C8H15F2NO3. The lowest BCUT2D eigenvalue weighted by atomic mass is 9.98. The van der Waals surface area contributed by atoms with Crippen molar-refractivity contribution < 1.29 is 23.4 Å². The van der Waals surface area contributed by atoms with Crippen molar-refractivity contribution in [2.75, 3.05) is 13.2 Å². The van der Waals surface area contributed by atoms with E-state index in [1.807, 2.05) is 0 Å². The molecule has 0 rings (SSSR count). The molecule has 14 heavy (non-hydrogen) atoms. The third-order valence-corrected chi connectivity index (χ3v) is 1.72. The molecular weight excluding hydrogens is 196 g/mol. The Hall–Kier alpha value is -0.750. The summed E-state index contributed by atoms with van der Waals surface area (Å²) in [5.41, 5.74) is 4.09. The second-order valence-corrected chi connectivity index (χ2v) is 3.29. The minimum atomic E-state index is -2.49. The monoisotopic (exact) mass is 211 g/mol. The number of ether oxygens (including phenoxy) is 1. The van der Waals surface area contributed by atoms with Crippen LogP contribution in [-0.2, 0) is 9.53 Å². The quantitative estimate of drug-likeness (QED) is 0.612. The number of nitrogens with two attached hydrogens (primary N) is 1. The number of halogens is 2. The Morgan fingerprint density at radius 3 is 2.64 bits per heavy atom. The lowest BCUT2D eigenvalue weighted by Gasteiger charge is -2.18. The van der Waals surface area contributed by atoms with Crippen LogP contribution in [0.25, 0.3) is 0 Å². The number of carbonyl (C=O) groups is 1. The van der Waals surface area contributed by atoms with Gasteiger partial charge in [-0.15, -0.1) is 0 Å². The number of carboxylic acid groups (broad SMARTS) is 1. The summed E-state index contributed by atoms with van der Waals surface area (Å²) >= 11 is 0. The highest BCUT2D eigenvalue weighted by molar-refractivity contribution is 5.77. The summed E-state index contributed by atoms with van der Waals surface area (Å²) in [7, 11) is 0. The molecule has 1 unspecified atom stereocenters. The van der Waals surface area contributed by atoms with E-state index in [2.05, 4.69) is 4.74 Å². The molecule has 0 radical (unpaired) electrons. The van der Waals surface area contributed by atoms with Crippen molar-refractivity contribution in [2.45, 2.75) is 31.7 Å². The highest BCUT2D eigenvalue weighted by Crippen LogP contribution is 2.09. The van der Waals surface area contributed by atoms with E-state index in [-0.39, 0.29) is 13.0 Å². The Bertz CT molecular complexity index is 185. The van der Waals surface area contributed by atoms with E-state index in [1.54, 1.807) is 0 Å². The summed E-state index contributed by atoms with van der Waals surface area (Å²) in [6.45, 7) is 0.862. The highest BCUT2D eigenvalue weighted by Gasteiger charge is 2.26. The molecule has 0 aliphatic rings. The SMILES string of the molecule is CC(N)(CCCOCC(F)F)C(=O)O. The van der Waals surface area contributed by atoms with E-state index in [0.717, 1.165) is 0 Å². The van der Waals surface area contributed by atoms with Gasteiger partial charge in [0.05, 0.1) is 0 Å². The third-order valence-electron chi connectivity index (χ3n) is 1.72. The first-order valence-electron chi connectivity index (χ1n) is 4.24. The lowest BCUT2D eigenvalue weighted by Crippen LogP contribution is -2.44. The highest BCUT2D eigenvalue weighted by atomic mass is 19.3. The first kappa shape index (κ1) is 13.2. The van der Waals surface area contributed by atoms with Crippen molar-refractivity contribution in [1.82, 2.24) is 0 Å². The van der Waals surface area contributed by atoms with E-state index < -0.39 is 24.5 Å². The molecule has 0 saturated carbocycles. The summed E-state index contributed by atoms with van der Waals surface area (Å²) < 4.78 is 27.7. The van der Waals surface area contributed by atoms with Crippen LogP contribution >= 0.6 is 0 Å². The van der Waals surface area contributed by atoms with Gasteiger partial charge in [0.25, 0.3) is 6.43 Å². The third kappa shape index (κ3) is 5.82. The van der Waals surface area contributed by atoms with Crippen LogP contribution in [0, 0.1) is 0 Å². The molecule has 4 nitrogen and oxygen atoms in total. The topological polar surface area (TPSA) is 72.5 Å². The van der Waals surface area contributed by atoms with Crippen LogP contribution in [0.3, 0.4) is 0 Å². The molecule has 0 bridgehead atoms. The fraction of sp³-hybridized carbons (Fsp3) is 0.875. The Kier molecular flexibility index (Phi) is 5.56. The van der Waals surface area contributed by atoms with Crippen molar-refractivity contribution in [1.29, 1.82) is 0 Å². The van der Waals surface area contributed by atoms with Crippen molar-refractivity contribution in [3.8, 4) is 0 Å². The molecule has 0 aromatic carbocycles. The maximum absolute atomic E-state index is 11.6. The molecule has 0 saturated heterocycles. The molecule has 0 aromatic heterocycles. The number of hydrogen-bond donors (Lipinski definition) is 2. The van der Waals surface area contributed by atoms with Gasteiger partial charge in [0.1, 0.15) is 12.1 Å². The average Bonchev–Trinajstić information content (AvgIpc) is 2.02. The predicted molar refractivity (Wildman–Crippen MR) is 46.3 cm³/mol. The van der Waals surface area contributed by atoms with E-state index in [4.69, 9.17) is 10.8 Å². The summed E-state index contributed by atoms with van der Waals surface area (Å²) in [4.78, 5) is 10.5. The molecule has 84 valence electrons. The zero-order valence-corrected chi connectivity index (χ0v) is 8.00. The molecule has 0 heterocycles. The smallest absolute Gasteiger partial charge is 0.323 e. The van der Waals surface area contributed by atoms with Gasteiger partial charge in [0.2, 0.25) is 0 Å². The van der Waals surface area contributed by atoms with Crippen molar-refractivity contribution in [2.24, 2.45) is 5.73 Å². The zero-order valence-electron chi connectivity index (χ0n) is 8.00. The summed E-state index contributed by atoms with van der Waals surface area (Å²) in [6, 6.07) is 0. The number of rotatable bonds is 7. The maximum Gasteiger partial charge on any atom is 0.323 e. The predicted octanol–water partition coefficient (Wildman–Crippen LogP) is 0.850. The first-order valence-corrected chi connectivity index (χ1v) is 4.24. The number of hydrogen-bond acceptors (Lipinski definition) is 3. The molecule has 0 aliphatic heterocycles. The van der Waals surface area contributed by atoms with Crippen LogP contribution in [0.4, 0.5) is 8.78 Å². The Labute approximate surface area is 81.0 Å². The van der Waals surface area contributed by atoms with Gasteiger partial charge in [-0.05, 0) is 19.8 Å². The normalized spacial score (nSPS) is 15.5. The van der Waals surface area contributed by atoms with Gasteiger partial charge in [0, 0.05) is 6.61 Å². The summed E-state index contributed by atoms with van der Waals surface area (Å²) in [5.74, 6) is -1.11. The van der Waals surface area contributed by atoms with Crippen molar-refractivity contribution in [3.05, 3.63) is 0 Å². The van der Waals surface area contributed by atoms with Gasteiger partial charge < -0.3 is 15.6 Å². The maximum atomic E-state index is 11.6. The van der Waals surface area contributed by atoms with Gasteiger partial charge in [-0.1, -0.05) is 0 Å². The van der Waals surface area contributed by atoms with Crippen molar-refractivity contribution in [3.63, 3.8) is 0 Å². The largest absolute Gasteiger partial charge is 0.480 e. The summed E-state index contributed by atoms with van der Waals surface area (Å²) in [6.07, 6.45) is -1.93. The number of carboxylic acids is 1. The molecule has 0 fully saturated rings. The minimum Gasteiger partial charge on any atom is -0.480 e. The molecule has 0 aliphatic carbocycles. The fourth-order valence-corrected chi connectivity index (χ4v) is 0.821. The van der Waals surface area contributed by atoms with E-state index in [9.17, 15) is 13.6 Å². The molecule has 3 N–H and O–H groups in total. The van der Waals surface area contributed by atoms with Crippen LogP contribution < -0.4 is 5.73 Å². The average molecular weight is 211 g/mol. The van der Waals surface area contributed by atoms with Crippen LogP contribution in [0.15, 0.2) is 0 Å². The first-order chi connectivity index (χ1) is 6.36. The fourth-order valence-electron chi connectivity index (χ4n) is 0.821. The van der Waals surface area contributed by atoms with Crippen LogP contribution in [0.1, 0.15) is 19.8 Å². The Morgan fingerprint density at radius 1 is 1.64 bits per heavy atom. The Balaban J connectivity index is 3.49. The van der Waals surface area contributed by atoms with Gasteiger partial charge in [-0.25, -0.2) is 8.78 Å². The molecule has 1 atom stereocenters. The standard InChI is InChI=1S/C8H15F2NO3/c1-8(11,7(12)13)3-2-4-14-5-6(9)10/h6H,2-5,11H2,1H3,(H,12,13). The summed E-state index contributed by atoms with van der Waals surface area (Å²) in [5, 5.41) is 8.60. The lowest BCUT2D eigenvalue weighted by molar-refractivity contribution is -0.143. The van der Waals surface area contributed by atoms with Crippen molar-refractivity contribution >= 4 is 5.97 Å².